The van der Waals surface area contributed by atoms with Crippen LogP contribution in [0.1, 0.15) is 72.9 Å². The summed E-state index contributed by atoms with van der Waals surface area (Å²) in [6.45, 7) is 13.6. The first-order chi connectivity index (χ1) is 14.4. The van der Waals surface area contributed by atoms with E-state index in [-0.39, 0.29) is 50.5 Å². The van der Waals surface area contributed by atoms with Gasteiger partial charge >= 0.3 is 16.5 Å². The summed E-state index contributed by atoms with van der Waals surface area (Å²) in [6, 6.07) is 21.2. The van der Waals surface area contributed by atoms with Crippen molar-refractivity contribution in [1.82, 2.24) is 0 Å². The average Bonchev–Trinajstić information content (AvgIpc) is 2.71. The third kappa shape index (κ3) is 8.39. The number of benzene rings is 3. The van der Waals surface area contributed by atoms with Gasteiger partial charge in [-0.2, -0.15) is 0 Å². The molecule has 0 aliphatic rings. The summed E-state index contributed by atoms with van der Waals surface area (Å²) in [6.07, 6.45) is 1.94. The second-order valence-corrected chi connectivity index (χ2v) is 8.61. The predicted molar refractivity (Wildman–Crippen MR) is 129 cm³/mol. The number of halogens is 2. The van der Waals surface area contributed by atoms with Crippen LogP contribution in [0.25, 0.3) is 0 Å². The number of ether oxygens (including phenoxy) is 1. The van der Waals surface area contributed by atoms with Crippen LogP contribution < -0.4 is 38.7 Å². The Morgan fingerprint density at radius 3 is 1.85 bits per heavy atom. The molecule has 0 atom stereocenters. The number of nitrogens with zero attached hydrogens (tertiary/aromatic N) is 1. The summed E-state index contributed by atoms with van der Waals surface area (Å²) in [5, 5.41) is 0. The molecule has 33 heavy (non-hydrogen) atoms. The molecule has 5 heteroatoms. The molecule has 0 spiro atoms. The van der Waals surface area contributed by atoms with Crippen LogP contribution in [0.5, 0.6) is 5.75 Å². The molecule has 0 heterocycles. The van der Waals surface area contributed by atoms with Gasteiger partial charge in [0.2, 0.25) is 0 Å². The third-order valence-electron chi connectivity index (χ3n) is 5.44. The molecule has 0 aromatic heterocycles. The number of hydrogen-bond acceptors (Lipinski definition) is 2. The average molecular weight is 618 g/mol. The van der Waals surface area contributed by atoms with Crippen molar-refractivity contribution in [2.24, 2.45) is 4.99 Å². The van der Waals surface area contributed by atoms with Crippen molar-refractivity contribution >= 4 is 11.9 Å². The first-order valence-corrected chi connectivity index (χ1v) is 10.8. The van der Waals surface area contributed by atoms with Crippen LogP contribution >= 0.6 is 0 Å². The Labute approximate surface area is 230 Å². The fourth-order valence-corrected chi connectivity index (χ4v) is 3.72. The van der Waals surface area contributed by atoms with Crippen LogP contribution in [0.4, 0.5) is 5.69 Å². The maximum Gasteiger partial charge on any atom is 2.00 e. The fraction of sp³-hybridized carbons (Fsp3) is 0.321. The van der Waals surface area contributed by atoms with Crippen LogP contribution in [0.15, 0.2) is 65.7 Å². The van der Waals surface area contributed by atoms with Crippen molar-refractivity contribution in [1.29, 1.82) is 0 Å². The normalized spacial score (nSPS) is 10.5. The Morgan fingerprint density at radius 2 is 1.30 bits per heavy atom. The van der Waals surface area contributed by atoms with Crippen molar-refractivity contribution in [2.75, 3.05) is 0 Å². The molecule has 3 rings (SSSR count). The molecule has 0 saturated heterocycles. The third-order valence-corrected chi connectivity index (χ3v) is 5.44. The van der Waals surface area contributed by atoms with Gasteiger partial charge in [0.25, 0.3) is 0 Å². The van der Waals surface area contributed by atoms with Gasteiger partial charge in [-0.1, -0.05) is 82.3 Å². The largest absolute Gasteiger partial charge is 2.00 e. The molecule has 0 amide bonds. The van der Waals surface area contributed by atoms with E-state index in [4.69, 9.17) is 9.73 Å². The van der Waals surface area contributed by atoms with Gasteiger partial charge in [-0.3, -0.25) is 4.99 Å². The summed E-state index contributed by atoms with van der Waals surface area (Å²) in [7, 11) is 0. The molecular formula is C28H33Br2NNiO. The second-order valence-electron chi connectivity index (χ2n) is 8.61. The molecule has 0 N–H and O–H groups in total. The Kier molecular flexibility index (Phi) is 14.1. The summed E-state index contributed by atoms with van der Waals surface area (Å²) < 4.78 is 6.39. The molecule has 0 radical (unpaired) electrons. The number of hydrogen-bond donors (Lipinski definition) is 0. The van der Waals surface area contributed by atoms with E-state index in [0.717, 1.165) is 22.6 Å². The molecule has 3 aromatic rings. The summed E-state index contributed by atoms with van der Waals surface area (Å²) in [5.74, 6) is 1.89. The summed E-state index contributed by atoms with van der Waals surface area (Å²) in [5.41, 5.74) is 8.21. The van der Waals surface area contributed by atoms with Crippen molar-refractivity contribution in [3.05, 3.63) is 94.0 Å². The van der Waals surface area contributed by atoms with Gasteiger partial charge in [0.15, 0.2) is 0 Å². The van der Waals surface area contributed by atoms with Crippen molar-refractivity contribution < 1.29 is 55.2 Å². The van der Waals surface area contributed by atoms with Gasteiger partial charge in [0.1, 0.15) is 12.4 Å². The molecule has 0 bridgehead atoms. The smallest absolute Gasteiger partial charge is 1.00 e. The van der Waals surface area contributed by atoms with E-state index in [1.807, 2.05) is 6.21 Å². The zero-order valence-corrected chi connectivity index (χ0v) is 24.3. The first kappa shape index (κ1) is 31.6. The molecular weight excluding hydrogens is 585 g/mol. The van der Waals surface area contributed by atoms with Crippen LogP contribution in [-0.4, -0.2) is 6.21 Å². The SMILES string of the molecule is Cc1cccc(C)c1N=Cc1cccc(COc2c(C(C)C)cccc2C(C)C)c1.[Br-].[Br-].[Ni+2]. The van der Waals surface area contributed by atoms with Crippen LogP contribution in [-0.2, 0) is 23.1 Å². The van der Waals surface area contributed by atoms with E-state index < -0.39 is 0 Å². The Hall–Kier alpha value is -1.42. The van der Waals surface area contributed by atoms with E-state index >= 15 is 0 Å². The topological polar surface area (TPSA) is 21.6 Å². The Balaban J connectivity index is 0.00000341. The zero-order chi connectivity index (χ0) is 21.7. The molecule has 3 aromatic carbocycles. The van der Waals surface area contributed by atoms with Crippen LogP contribution in [0.3, 0.4) is 0 Å². The quantitative estimate of drug-likeness (QED) is 0.293. The maximum atomic E-state index is 6.39. The number of rotatable bonds is 7. The number of aliphatic imine (C=N–C) groups is 1. The van der Waals surface area contributed by atoms with Gasteiger partial charge in [0.05, 0.1) is 5.69 Å². The van der Waals surface area contributed by atoms with Crippen LogP contribution in [0.2, 0.25) is 0 Å². The van der Waals surface area contributed by atoms with E-state index in [9.17, 15) is 0 Å². The minimum atomic E-state index is 0. The standard InChI is InChI=1S/C28H33NO.2BrH.Ni/c1-19(2)25-14-9-15-26(20(3)4)28(25)30-18-24-13-8-12-23(16-24)17-29-27-21(5)10-7-11-22(27)6;;;/h7-17,19-20H,18H2,1-6H3;2*1H;/q;;;+2/p-2. The van der Waals surface area contributed by atoms with E-state index in [1.165, 1.54) is 22.3 Å². The van der Waals surface area contributed by atoms with Gasteiger partial charge < -0.3 is 38.7 Å². The summed E-state index contributed by atoms with van der Waals surface area (Å²) in [4.78, 5) is 4.74. The molecule has 0 aliphatic heterocycles. The van der Waals surface area contributed by atoms with Gasteiger partial charge in [-0.15, -0.1) is 0 Å². The molecule has 180 valence electrons. The number of aryl methyl sites for hydroxylation is 2. The minimum Gasteiger partial charge on any atom is -1.00 e. The second kappa shape index (κ2) is 14.8. The molecule has 0 saturated carbocycles. The zero-order valence-electron chi connectivity index (χ0n) is 20.1. The van der Waals surface area contributed by atoms with E-state index in [1.54, 1.807) is 0 Å². The molecule has 0 fully saturated rings. The van der Waals surface area contributed by atoms with E-state index in [2.05, 4.69) is 102 Å². The Bertz CT molecular complexity index is 1000. The molecule has 2 nitrogen and oxygen atoms in total. The monoisotopic (exact) mass is 615 g/mol. The maximum absolute atomic E-state index is 6.39. The van der Waals surface area contributed by atoms with Crippen molar-refractivity contribution in [3.8, 4) is 5.75 Å². The van der Waals surface area contributed by atoms with Crippen molar-refractivity contribution in [3.63, 3.8) is 0 Å². The minimum absolute atomic E-state index is 0. The van der Waals surface area contributed by atoms with Gasteiger partial charge in [-0.05, 0) is 65.1 Å². The van der Waals surface area contributed by atoms with Crippen LogP contribution in [0, 0.1) is 13.8 Å². The molecule has 0 unspecified atom stereocenters. The fourth-order valence-electron chi connectivity index (χ4n) is 3.72. The Morgan fingerprint density at radius 1 is 0.788 bits per heavy atom. The van der Waals surface area contributed by atoms with Crippen molar-refractivity contribution in [2.45, 2.75) is 60.0 Å². The summed E-state index contributed by atoms with van der Waals surface area (Å²) >= 11 is 0. The predicted octanol–water partition coefficient (Wildman–Crippen LogP) is 1.89. The number of para-hydroxylation sites is 2. The van der Waals surface area contributed by atoms with E-state index in [0.29, 0.717) is 18.4 Å². The van der Waals surface area contributed by atoms with Gasteiger partial charge in [-0.25, -0.2) is 0 Å². The first-order valence-electron chi connectivity index (χ1n) is 10.8. The van der Waals surface area contributed by atoms with Gasteiger partial charge in [0, 0.05) is 6.21 Å². The molecule has 0 aliphatic carbocycles.